The minimum absolute atomic E-state index is 0.0818. The van der Waals surface area contributed by atoms with Gasteiger partial charge in [-0.1, -0.05) is 23.7 Å². The second-order valence-electron chi connectivity index (χ2n) is 4.68. The Labute approximate surface area is 135 Å². The van der Waals surface area contributed by atoms with E-state index in [9.17, 15) is 20.0 Å². The zero-order valence-corrected chi connectivity index (χ0v) is 13.0. The number of carbonyl (C=O) groups excluding carboxylic acids is 1. The summed E-state index contributed by atoms with van der Waals surface area (Å²) < 4.78 is 0. The number of halogens is 1. The maximum Gasteiger partial charge on any atom is 0.288 e. The SMILES string of the molecule is O=C([O-])CC([NH2+]Cc1ccc(Cl)c([N+](=O)[O-])c1)c1cccs1. The largest absolute Gasteiger partial charge is 0.550 e. The van der Waals surface area contributed by atoms with Crippen molar-refractivity contribution in [3.05, 3.63) is 61.3 Å². The van der Waals surface area contributed by atoms with Crippen LogP contribution in [0.5, 0.6) is 0 Å². The molecule has 1 heterocycles. The number of carboxylic acid groups (broad SMARTS) is 1. The number of nitro benzene ring substituents is 1. The summed E-state index contributed by atoms with van der Waals surface area (Å²) in [5, 5.41) is 25.5. The molecule has 1 unspecified atom stereocenters. The number of nitro groups is 1. The standard InChI is InChI=1S/C14H13ClN2O4S/c15-10-4-3-9(6-12(10)17(20)21)8-16-11(7-14(18)19)13-2-1-5-22-13/h1-6,11,16H,7-8H2,(H,18,19). The average Bonchev–Trinajstić information content (AvgIpc) is 2.98. The van der Waals surface area contributed by atoms with E-state index < -0.39 is 10.9 Å². The second kappa shape index (κ2) is 7.35. The Morgan fingerprint density at radius 3 is 2.77 bits per heavy atom. The van der Waals surface area contributed by atoms with Gasteiger partial charge in [0.05, 0.1) is 9.80 Å². The molecule has 0 amide bonds. The lowest BCUT2D eigenvalue weighted by molar-refractivity contribution is -0.710. The summed E-state index contributed by atoms with van der Waals surface area (Å²) in [6.07, 6.45) is -0.115. The minimum Gasteiger partial charge on any atom is -0.550 e. The average molecular weight is 341 g/mol. The number of thiophene rings is 1. The van der Waals surface area contributed by atoms with E-state index in [0.717, 1.165) is 4.88 Å². The molecule has 6 nitrogen and oxygen atoms in total. The van der Waals surface area contributed by atoms with Crippen molar-refractivity contribution in [2.45, 2.75) is 19.0 Å². The highest BCUT2D eigenvalue weighted by atomic mass is 35.5. The molecule has 1 atom stereocenters. The fraction of sp³-hybridized carbons (Fsp3) is 0.214. The van der Waals surface area contributed by atoms with Gasteiger partial charge in [0, 0.05) is 24.0 Å². The fourth-order valence-corrected chi connectivity index (χ4v) is 3.10. The van der Waals surface area contributed by atoms with Gasteiger partial charge in [-0.25, -0.2) is 0 Å². The summed E-state index contributed by atoms with van der Waals surface area (Å²) in [6, 6.07) is 8.00. The van der Waals surface area contributed by atoms with Gasteiger partial charge in [-0.3, -0.25) is 10.1 Å². The first kappa shape index (κ1) is 16.4. The highest BCUT2D eigenvalue weighted by Gasteiger charge is 2.18. The van der Waals surface area contributed by atoms with E-state index in [-0.39, 0.29) is 23.2 Å². The monoisotopic (exact) mass is 340 g/mol. The van der Waals surface area contributed by atoms with Crippen LogP contribution in [0.4, 0.5) is 5.69 Å². The fourth-order valence-electron chi connectivity index (χ4n) is 2.09. The molecular formula is C14H13ClN2O4S. The van der Waals surface area contributed by atoms with Gasteiger partial charge in [-0.15, -0.1) is 11.3 Å². The number of aliphatic carboxylic acids is 1. The minimum atomic E-state index is -1.13. The Kier molecular flexibility index (Phi) is 5.48. The van der Waals surface area contributed by atoms with Gasteiger partial charge in [0.25, 0.3) is 5.69 Å². The molecule has 0 saturated carbocycles. The van der Waals surface area contributed by atoms with Crippen LogP contribution in [-0.4, -0.2) is 10.9 Å². The van der Waals surface area contributed by atoms with E-state index in [2.05, 4.69) is 0 Å². The van der Waals surface area contributed by atoms with Gasteiger partial charge in [-0.05, 0) is 17.5 Å². The number of hydrogen-bond acceptors (Lipinski definition) is 5. The van der Waals surface area contributed by atoms with E-state index in [1.807, 2.05) is 22.8 Å². The van der Waals surface area contributed by atoms with Crippen LogP contribution in [-0.2, 0) is 11.3 Å². The van der Waals surface area contributed by atoms with Gasteiger partial charge in [0.15, 0.2) is 0 Å². The van der Waals surface area contributed by atoms with Crippen LogP contribution in [0.15, 0.2) is 35.7 Å². The maximum absolute atomic E-state index is 10.9. The lowest BCUT2D eigenvalue weighted by atomic mass is 10.1. The van der Waals surface area contributed by atoms with Crippen molar-refractivity contribution in [1.29, 1.82) is 0 Å². The van der Waals surface area contributed by atoms with Crippen molar-refractivity contribution in [3.63, 3.8) is 0 Å². The molecule has 1 aromatic heterocycles. The van der Waals surface area contributed by atoms with Crippen LogP contribution in [0, 0.1) is 10.1 Å². The Bertz CT molecular complexity index is 675. The van der Waals surface area contributed by atoms with E-state index >= 15 is 0 Å². The molecule has 0 aliphatic carbocycles. The number of nitrogens with zero attached hydrogens (tertiary/aromatic N) is 1. The number of benzene rings is 1. The molecule has 22 heavy (non-hydrogen) atoms. The summed E-state index contributed by atoms with van der Waals surface area (Å²) in [5.41, 5.74) is 0.552. The van der Waals surface area contributed by atoms with Gasteiger partial charge in [0.1, 0.15) is 17.6 Å². The maximum atomic E-state index is 10.9. The van der Waals surface area contributed by atoms with Crippen molar-refractivity contribution < 1.29 is 20.1 Å². The second-order valence-corrected chi connectivity index (χ2v) is 6.07. The van der Waals surface area contributed by atoms with Crippen molar-refractivity contribution >= 4 is 34.6 Å². The lowest BCUT2D eigenvalue weighted by Gasteiger charge is -2.15. The number of nitrogens with two attached hydrogens (primary N) is 1. The van der Waals surface area contributed by atoms with Gasteiger partial charge >= 0.3 is 0 Å². The molecule has 0 spiro atoms. The van der Waals surface area contributed by atoms with Crippen molar-refractivity contribution in [2.75, 3.05) is 0 Å². The molecule has 2 N–H and O–H groups in total. The zero-order valence-electron chi connectivity index (χ0n) is 11.4. The summed E-state index contributed by atoms with van der Waals surface area (Å²) in [7, 11) is 0. The third kappa shape index (κ3) is 4.27. The highest BCUT2D eigenvalue weighted by Crippen LogP contribution is 2.25. The Morgan fingerprint density at radius 2 is 2.18 bits per heavy atom. The lowest BCUT2D eigenvalue weighted by Crippen LogP contribution is -2.84. The highest BCUT2D eigenvalue weighted by molar-refractivity contribution is 7.10. The van der Waals surface area contributed by atoms with Crippen LogP contribution in [0.2, 0.25) is 5.02 Å². The molecule has 116 valence electrons. The first-order chi connectivity index (χ1) is 10.5. The predicted molar refractivity (Wildman–Crippen MR) is 80.4 cm³/mol. The summed E-state index contributed by atoms with van der Waals surface area (Å²) >= 11 is 7.23. The van der Waals surface area contributed by atoms with Crippen molar-refractivity contribution in [3.8, 4) is 0 Å². The summed E-state index contributed by atoms with van der Waals surface area (Å²) in [5.74, 6) is -1.13. The number of quaternary nitrogens is 1. The van der Waals surface area contributed by atoms with Gasteiger partial charge in [0.2, 0.25) is 0 Å². The van der Waals surface area contributed by atoms with Crippen LogP contribution >= 0.6 is 22.9 Å². The van der Waals surface area contributed by atoms with Gasteiger partial charge < -0.3 is 15.2 Å². The Balaban J connectivity index is 2.11. The van der Waals surface area contributed by atoms with Crippen molar-refractivity contribution in [1.82, 2.24) is 0 Å². The number of carbonyl (C=O) groups is 1. The zero-order chi connectivity index (χ0) is 16.1. The summed E-state index contributed by atoms with van der Waals surface area (Å²) in [4.78, 5) is 22.1. The molecule has 0 aliphatic rings. The molecule has 2 aromatic rings. The molecule has 0 radical (unpaired) electrons. The first-order valence-corrected chi connectivity index (χ1v) is 7.72. The van der Waals surface area contributed by atoms with E-state index in [0.29, 0.717) is 12.1 Å². The molecule has 8 heteroatoms. The van der Waals surface area contributed by atoms with Crippen LogP contribution in [0.3, 0.4) is 0 Å². The predicted octanol–water partition coefficient (Wildman–Crippen LogP) is 1.25. The Morgan fingerprint density at radius 1 is 1.41 bits per heavy atom. The molecule has 0 fully saturated rings. The number of rotatable bonds is 7. The Hall–Kier alpha value is -1.96. The molecule has 0 bridgehead atoms. The van der Waals surface area contributed by atoms with Gasteiger partial charge in [-0.2, -0.15) is 0 Å². The van der Waals surface area contributed by atoms with E-state index in [1.165, 1.54) is 23.5 Å². The molecular weight excluding hydrogens is 328 g/mol. The quantitative estimate of drug-likeness (QED) is 0.605. The van der Waals surface area contributed by atoms with Crippen molar-refractivity contribution in [2.24, 2.45) is 0 Å². The number of hydrogen-bond donors (Lipinski definition) is 1. The normalized spacial score (nSPS) is 12.0. The number of carboxylic acids is 1. The molecule has 1 aromatic carbocycles. The van der Waals surface area contributed by atoms with E-state index in [1.54, 1.807) is 6.07 Å². The third-order valence-electron chi connectivity index (χ3n) is 3.14. The topological polar surface area (TPSA) is 99.9 Å². The van der Waals surface area contributed by atoms with E-state index in [4.69, 9.17) is 11.6 Å². The molecule has 0 aliphatic heterocycles. The van der Waals surface area contributed by atoms with Crippen LogP contribution in [0.25, 0.3) is 0 Å². The molecule has 0 saturated heterocycles. The van der Waals surface area contributed by atoms with Crippen LogP contribution < -0.4 is 10.4 Å². The van der Waals surface area contributed by atoms with Crippen LogP contribution in [0.1, 0.15) is 22.9 Å². The summed E-state index contributed by atoms with van der Waals surface area (Å²) in [6.45, 7) is 0.411. The molecule has 2 rings (SSSR count). The first-order valence-electron chi connectivity index (χ1n) is 6.46. The smallest absolute Gasteiger partial charge is 0.288 e. The third-order valence-corrected chi connectivity index (χ3v) is 4.46.